The monoisotopic (exact) mass is 347 g/mol. The molecule has 3 rings (SSSR count). The van der Waals surface area contributed by atoms with Crippen LogP contribution in [0.3, 0.4) is 0 Å². The van der Waals surface area contributed by atoms with Crippen LogP contribution in [0, 0.1) is 13.8 Å². The summed E-state index contributed by atoms with van der Waals surface area (Å²) in [5.74, 6) is -0.182. The number of aryl methyl sites for hydroxylation is 2. The van der Waals surface area contributed by atoms with Crippen LogP contribution in [0.15, 0.2) is 28.7 Å². The Morgan fingerprint density at radius 3 is 2.91 bits per heavy atom. The third-order valence-corrected chi connectivity index (χ3v) is 4.79. The second-order valence-corrected chi connectivity index (χ2v) is 6.69. The molecule has 3 aromatic rings. The van der Waals surface area contributed by atoms with E-state index >= 15 is 0 Å². The van der Waals surface area contributed by atoms with Gasteiger partial charge in [-0.15, -0.1) is 21.5 Å². The lowest BCUT2D eigenvalue weighted by Crippen LogP contribution is -2.31. The van der Waals surface area contributed by atoms with Crippen LogP contribution in [-0.2, 0) is 4.79 Å². The summed E-state index contributed by atoms with van der Waals surface area (Å²) in [5.41, 5.74) is 1.80. The molecule has 0 aromatic carbocycles. The van der Waals surface area contributed by atoms with Crippen LogP contribution in [0.4, 0.5) is 0 Å². The van der Waals surface area contributed by atoms with Crippen molar-refractivity contribution in [3.8, 4) is 0 Å². The minimum absolute atomic E-state index is 0.0746. The first-order chi connectivity index (χ1) is 11.0. The van der Waals surface area contributed by atoms with E-state index in [1.165, 1.54) is 23.1 Å². The van der Waals surface area contributed by atoms with Crippen LogP contribution in [0.25, 0.3) is 5.78 Å². The van der Waals surface area contributed by atoms with Gasteiger partial charge in [0.1, 0.15) is 0 Å². The van der Waals surface area contributed by atoms with E-state index in [1.807, 2.05) is 19.9 Å². The van der Waals surface area contributed by atoms with Gasteiger partial charge in [-0.25, -0.2) is 4.98 Å². The van der Waals surface area contributed by atoms with Crippen molar-refractivity contribution in [2.75, 3.05) is 5.75 Å². The maximum absolute atomic E-state index is 11.9. The van der Waals surface area contributed by atoms with Crippen LogP contribution in [0.2, 0.25) is 0 Å². The number of amides is 2. The Hall–Kier alpha value is -2.26. The maximum Gasteiger partial charge on any atom is 0.267 e. The Morgan fingerprint density at radius 1 is 1.35 bits per heavy atom. The Labute approximate surface area is 140 Å². The molecule has 0 atom stereocenters. The average molecular weight is 347 g/mol. The van der Waals surface area contributed by atoms with Gasteiger partial charge in [0.05, 0.1) is 10.6 Å². The number of nitrogens with one attached hydrogen (secondary N) is 1. The molecule has 0 saturated heterocycles. The van der Waals surface area contributed by atoms with Gasteiger partial charge < -0.3 is 0 Å². The van der Waals surface area contributed by atoms with Gasteiger partial charge in [-0.05, 0) is 31.4 Å². The van der Waals surface area contributed by atoms with Crippen molar-refractivity contribution in [1.82, 2.24) is 24.9 Å². The molecule has 2 amide bonds. The van der Waals surface area contributed by atoms with Crippen molar-refractivity contribution < 1.29 is 9.59 Å². The quantitative estimate of drug-likeness (QED) is 0.725. The lowest BCUT2D eigenvalue weighted by molar-refractivity contribution is -0.117. The summed E-state index contributed by atoms with van der Waals surface area (Å²) in [7, 11) is 0. The molecule has 0 unspecified atom stereocenters. The normalized spacial score (nSPS) is 10.9. The zero-order valence-corrected chi connectivity index (χ0v) is 14.1. The van der Waals surface area contributed by atoms with Gasteiger partial charge in [-0.3, -0.25) is 19.3 Å². The van der Waals surface area contributed by atoms with E-state index < -0.39 is 0 Å². The standard InChI is InChI=1S/C14H13N5O2S2/c1-8-6-9(2)19-13(15-8)17-18-14(19)23-7-11(20)16-12(21)10-4-3-5-22-10/h3-6H,7H2,1-2H3,(H,16,20,21). The molecule has 1 N–H and O–H groups in total. The number of imide groups is 1. The molecule has 0 bridgehead atoms. The number of carbonyl (C=O) groups is 2. The van der Waals surface area contributed by atoms with Crippen LogP contribution in [-0.4, -0.2) is 37.1 Å². The van der Waals surface area contributed by atoms with Crippen LogP contribution >= 0.6 is 23.1 Å². The number of rotatable bonds is 4. The molecular weight excluding hydrogens is 334 g/mol. The minimum Gasteiger partial charge on any atom is -0.291 e. The number of aromatic nitrogens is 4. The lowest BCUT2D eigenvalue weighted by Gasteiger charge is -2.04. The molecule has 3 aromatic heterocycles. The predicted octanol–water partition coefficient (Wildman–Crippen LogP) is 1.85. The highest BCUT2D eigenvalue weighted by Gasteiger charge is 2.15. The molecular formula is C14H13N5O2S2. The van der Waals surface area contributed by atoms with Gasteiger partial charge in [0, 0.05) is 11.4 Å². The van der Waals surface area contributed by atoms with Gasteiger partial charge in [-0.1, -0.05) is 17.8 Å². The minimum atomic E-state index is -0.384. The molecule has 0 saturated carbocycles. The summed E-state index contributed by atoms with van der Waals surface area (Å²) < 4.78 is 1.78. The third-order valence-electron chi connectivity index (χ3n) is 2.99. The summed E-state index contributed by atoms with van der Waals surface area (Å²) in [5, 5.41) is 12.8. The van der Waals surface area contributed by atoms with Crippen molar-refractivity contribution in [1.29, 1.82) is 0 Å². The fourth-order valence-corrected chi connectivity index (χ4v) is 3.46. The SMILES string of the molecule is Cc1cc(C)n2c(SCC(=O)NC(=O)c3cccs3)nnc2n1. The van der Waals surface area contributed by atoms with Gasteiger partial charge in [0.2, 0.25) is 5.91 Å². The summed E-state index contributed by atoms with van der Waals surface area (Å²) in [6.45, 7) is 3.81. The topological polar surface area (TPSA) is 89.2 Å². The van der Waals surface area contributed by atoms with E-state index in [0.717, 1.165) is 11.4 Å². The molecule has 0 spiro atoms. The summed E-state index contributed by atoms with van der Waals surface area (Å²) in [4.78, 5) is 28.5. The number of hydrogen-bond donors (Lipinski definition) is 1. The van der Waals surface area contributed by atoms with Gasteiger partial charge in [0.25, 0.3) is 11.7 Å². The number of hydrogen-bond acceptors (Lipinski definition) is 7. The van der Waals surface area contributed by atoms with Crippen molar-refractivity contribution in [2.45, 2.75) is 19.0 Å². The summed E-state index contributed by atoms with van der Waals surface area (Å²) in [6, 6.07) is 5.35. The van der Waals surface area contributed by atoms with Crippen molar-refractivity contribution in [2.24, 2.45) is 0 Å². The molecule has 9 heteroatoms. The van der Waals surface area contributed by atoms with E-state index in [9.17, 15) is 9.59 Å². The highest BCUT2D eigenvalue weighted by atomic mass is 32.2. The van der Waals surface area contributed by atoms with E-state index in [0.29, 0.717) is 15.8 Å². The smallest absolute Gasteiger partial charge is 0.267 e. The summed E-state index contributed by atoms with van der Waals surface area (Å²) in [6.07, 6.45) is 0. The van der Waals surface area contributed by atoms with Crippen molar-refractivity contribution in [3.05, 3.63) is 39.8 Å². The van der Waals surface area contributed by atoms with E-state index in [2.05, 4.69) is 20.5 Å². The second-order valence-electron chi connectivity index (χ2n) is 4.80. The van der Waals surface area contributed by atoms with Crippen LogP contribution in [0.1, 0.15) is 21.1 Å². The van der Waals surface area contributed by atoms with E-state index in [1.54, 1.807) is 21.9 Å². The second kappa shape index (κ2) is 6.47. The maximum atomic E-state index is 11.9. The zero-order chi connectivity index (χ0) is 16.4. The van der Waals surface area contributed by atoms with Gasteiger partial charge in [-0.2, -0.15) is 0 Å². The molecule has 118 valence electrons. The first-order valence-electron chi connectivity index (χ1n) is 6.74. The third kappa shape index (κ3) is 3.40. The average Bonchev–Trinajstić information content (AvgIpc) is 3.14. The van der Waals surface area contributed by atoms with E-state index in [-0.39, 0.29) is 17.6 Å². The number of nitrogens with zero attached hydrogens (tertiary/aromatic N) is 4. The predicted molar refractivity (Wildman–Crippen MR) is 87.8 cm³/mol. The van der Waals surface area contributed by atoms with Crippen molar-refractivity contribution >= 4 is 40.7 Å². The first-order valence-corrected chi connectivity index (χ1v) is 8.61. The Bertz CT molecular complexity index is 873. The number of fused-ring (bicyclic) bond motifs is 1. The molecule has 0 radical (unpaired) electrons. The molecule has 0 aliphatic rings. The largest absolute Gasteiger partial charge is 0.291 e. The number of thiophene rings is 1. The van der Waals surface area contributed by atoms with Crippen LogP contribution in [0.5, 0.6) is 0 Å². The summed E-state index contributed by atoms with van der Waals surface area (Å²) >= 11 is 2.50. The van der Waals surface area contributed by atoms with Crippen molar-refractivity contribution in [3.63, 3.8) is 0 Å². The number of thioether (sulfide) groups is 1. The van der Waals surface area contributed by atoms with E-state index in [4.69, 9.17) is 0 Å². The number of carbonyl (C=O) groups excluding carboxylic acids is 2. The zero-order valence-electron chi connectivity index (χ0n) is 12.4. The molecule has 3 heterocycles. The fourth-order valence-electron chi connectivity index (χ4n) is 2.06. The molecule has 0 aliphatic heterocycles. The molecule has 0 aliphatic carbocycles. The lowest BCUT2D eigenvalue weighted by atomic mass is 10.3. The van der Waals surface area contributed by atoms with Crippen LogP contribution < -0.4 is 5.32 Å². The molecule has 23 heavy (non-hydrogen) atoms. The molecule has 0 fully saturated rings. The first kappa shape index (κ1) is 15.6. The Morgan fingerprint density at radius 2 is 2.17 bits per heavy atom. The Balaban J connectivity index is 1.67. The molecule has 7 nitrogen and oxygen atoms in total. The Kier molecular flexibility index (Phi) is 4.39. The highest BCUT2D eigenvalue weighted by molar-refractivity contribution is 7.99. The fraction of sp³-hybridized carbons (Fsp3) is 0.214. The highest BCUT2D eigenvalue weighted by Crippen LogP contribution is 2.18. The van der Waals surface area contributed by atoms with Gasteiger partial charge >= 0.3 is 0 Å². The van der Waals surface area contributed by atoms with Gasteiger partial charge in [0.15, 0.2) is 5.16 Å².